The van der Waals surface area contributed by atoms with Crippen LogP contribution < -0.4 is 4.74 Å². The molecule has 2 aromatic rings. The maximum absolute atomic E-state index is 11.5. The Morgan fingerprint density at radius 1 is 0.938 bits per heavy atom. The first-order valence-electron chi connectivity index (χ1n) is 11.5. The molecule has 5 nitrogen and oxygen atoms in total. The van der Waals surface area contributed by atoms with Crippen LogP contribution in [-0.2, 0) is 33.9 Å². The molecule has 0 aliphatic rings. The van der Waals surface area contributed by atoms with E-state index in [1.807, 2.05) is 59.7 Å². The zero-order valence-corrected chi connectivity index (χ0v) is 21.3. The number of aryl methyl sites for hydroxylation is 2. The first-order valence-corrected chi connectivity index (χ1v) is 11.5. The van der Waals surface area contributed by atoms with Gasteiger partial charge in [-0.15, -0.1) is 0 Å². The summed E-state index contributed by atoms with van der Waals surface area (Å²) in [7, 11) is 1.62. The van der Waals surface area contributed by atoms with Gasteiger partial charge in [-0.3, -0.25) is 0 Å². The molecular weight excluding hydrogens is 404 g/mol. The molecule has 0 aromatic heterocycles. The molecule has 2 rings (SSSR count). The van der Waals surface area contributed by atoms with E-state index in [0.717, 1.165) is 22.4 Å². The van der Waals surface area contributed by atoms with Gasteiger partial charge >= 0.3 is 5.97 Å². The standard InChI is InChI=1S/C23H30O5.2C2H6/c1-15(2)28-22(23(24)25)12-18-7-9-21(26-5)20(11-18)14-27-13-19-8-6-16(3)10-17(19)4;2*1-2/h6-11,15,22H,12-14H2,1-5H3,(H,24,25);2*1-2H3. The first kappa shape index (κ1) is 29.6. The van der Waals surface area contributed by atoms with Gasteiger partial charge < -0.3 is 19.3 Å². The predicted octanol–water partition coefficient (Wildman–Crippen LogP) is 6.50. The van der Waals surface area contributed by atoms with Crippen LogP contribution in [0.3, 0.4) is 0 Å². The number of carboxylic acids is 1. The lowest BCUT2D eigenvalue weighted by atomic mass is 10.0. The molecule has 0 radical (unpaired) electrons. The number of aliphatic carboxylic acids is 1. The average molecular weight is 447 g/mol. The van der Waals surface area contributed by atoms with Crippen molar-refractivity contribution in [2.24, 2.45) is 0 Å². The minimum Gasteiger partial charge on any atom is -0.496 e. The molecule has 1 atom stereocenters. The predicted molar refractivity (Wildman–Crippen MR) is 131 cm³/mol. The molecule has 0 spiro atoms. The Balaban J connectivity index is 0.00000227. The van der Waals surface area contributed by atoms with E-state index in [2.05, 4.69) is 32.0 Å². The highest BCUT2D eigenvalue weighted by Gasteiger charge is 2.20. The van der Waals surface area contributed by atoms with Crippen LogP contribution in [0.1, 0.15) is 69.4 Å². The van der Waals surface area contributed by atoms with E-state index >= 15 is 0 Å². The van der Waals surface area contributed by atoms with E-state index in [1.54, 1.807) is 7.11 Å². The third-order valence-electron chi connectivity index (χ3n) is 4.49. The first-order chi connectivity index (χ1) is 15.3. The second kappa shape index (κ2) is 16.3. The molecule has 1 unspecified atom stereocenters. The molecule has 180 valence electrons. The summed E-state index contributed by atoms with van der Waals surface area (Å²) >= 11 is 0. The van der Waals surface area contributed by atoms with Gasteiger partial charge in [0.25, 0.3) is 0 Å². The number of methoxy groups -OCH3 is 1. The molecule has 0 heterocycles. The van der Waals surface area contributed by atoms with E-state index in [1.165, 1.54) is 11.1 Å². The number of carbonyl (C=O) groups is 1. The van der Waals surface area contributed by atoms with Gasteiger partial charge in [0.15, 0.2) is 6.10 Å². The Labute approximate surface area is 194 Å². The van der Waals surface area contributed by atoms with Gasteiger partial charge in [0.05, 0.1) is 26.4 Å². The van der Waals surface area contributed by atoms with E-state index in [0.29, 0.717) is 19.6 Å². The lowest BCUT2D eigenvalue weighted by Crippen LogP contribution is -2.29. The second-order valence-corrected chi connectivity index (χ2v) is 7.28. The molecule has 0 aliphatic carbocycles. The Morgan fingerprint density at radius 3 is 2.09 bits per heavy atom. The summed E-state index contributed by atoms with van der Waals surface area (Å²) in [5.41, 5.74) is 5.34. The molecule has 0 fully saturated rings. The number of rotatable bonds is 10. The highest BCUT2D eigenvalue weighted by Crippen LogP contribution is 2.23. The lowest BCUT2D eigenvalue weighted by molar-refractivity contribution is -0.153. The zero-order valence-electron chi connectivity index (χ0n) is 21.3. The van der Waals surface area contributed by atoms with Gasteiger partial charge in [-0.05, 0) is 56.5 Å². The molecule has 0 saturated heterocycles. The number of ether oxygens (including phenoxy) is 3. The van der Waals surface area contributed by atoms with Crippen molar-refractivity contribution in [3.63, 3.8) is 0 Å². The Hall–Kier alpha value is -2.37. The minimum absolute atomic E-state index is 0.153. The molecule has 5 heteroatoms. The Morgan fingerprint density at radius 2 is 1.56 bits per heavy atom. The summed E-state index contributed by atoms with van der Waals surface area (Å²) in [6.45, 7) is 16.7. The van der Waals surface area contributed by atoms with Crippen LogP contribution in [0.5, 0.6) is 5.75 Å². The highest BCUT2D eigenvalue weighted by molar-refractivity contribution is 5.72. The van der Waals surface area contributed by atoms with Crippen LogP contribution in [0.15, 0.2) is 36.4 Å². The quantitative estimate of drug-likeness (QED) is 0.451. The van der Waals surface area contributed by atoms with Crippen LogP contribution in [0.4, 0.5) is 0 Å². The number of hydrogen-bond acceptors (Lipinski definition) is 4. The lowest BCUT2D eigenvalue weighted by Gasteiger charge is -2.18. The topological polar surface area (TPSA) is 65.0 Å². The fourth-order valence-corrected chi connectivity index (χ4v) is 3.09. The van der Waals surface area contributed by atoms with Crippen molar-refractivity contribution in [2.75, 3.05) is 7.11 Å². The normalized spacial score (nSPS) is 11.1. The Kier molecular flexibility index (Phi) is 15.1. The maximum atomic E-state index is 11.5. The number of hydrogen-bond donors (Lipinski definition) is 1. The van der Waals surface area contributed by atoms with E-state index in [4.69, 9.17) is 14.2 Å². The van der Waals surface area contributed by atoms with Crippen molar-refractivity contribution in [2.45, 2.75) is 87.2 Å². The largest absolute Gasteiger partial charge is 0.496 e. The molecule has 0 amide bonds. The van der Waals surface area contributed by atoms with Crippen molar-refractivity contribution in [1.29, 1.82) is 0 Å². The minimum atomic E-state index is -0.961. The monoisotopic (exact) mass is 446 g/mol. The average Bonchev–Trinajstić information content (AvgIpc) is 2.77. The maximum Gasteiger partial charge on any atom is 0.333 e. The fourth-order valence-electron chi connectivity index (χ4n) is 3.09. The van der Waals surface area contributed by atoms with Crippen LogP contribution >= 0.6 is 0 Å². The van der Waals surface area contributed by atoms with Crippen molar-refractivity contribution in [3.05, 3.63) is 64.2 Å². The van der Waals surface area contributed by atoms with Gasteiger partial charge in [-0.25, -0.2) is 4.79 Å². The molecular formula is C27H42O5. The molecule has 32 heavy (non-hydrogen) atoms. The van der Waals surface area contributed by atoms with E-state index in [-0.39, 0.29) is 6.10 Å². The summed E-state index contributed by atoms with van der Waals surface area (Å²) < 4.78 is 16.9. The van der Waals surface area contributed by atoms with Gasteiger partial charge in [-0.1, -0.05) is 57.5 Å². The number of benzene rings is 2. The van der Waals surface area contributed by atoms with Crippen LogP contribution in [0.25, 0.3) is 0 Å². The van der Waals surface area contributed by atoms with Crippen molar-refractivity contribution < 1.29 is 24.1 Å². The second-order valence-electron chi connectivity index (χ2n) is 7.28. The third kappa shape index (κ3) is 10.3. The van der Waals surface area contributed by atoms with Crippen molar-refractivity contribution in [1.82, 2.24) is 0 Å². The highest BCUT2D eigenvalue weighted by atomic mass is 16.5. The summed E-state index contributed by atoms with van der Waals surface area (Å²) in [6, 6.07) is 11.9. The SMILES string of the molecule is CC.CC.COc1ccc(CC(OC(C)C)C(=O)O)cc1COCc1ccc(C)cc1C. The molecule has 0 saturated carbocycles. The van der Waals surface area contributed by atoms with E-state index < -0.39 is 12.1 Å². The van der Waals surface area contributed by atoms with Crippen molar-refractivity contribution in [3.8, 4) is 5.75 Å². The van der Waals surface area contributed by atoms with Gasteiger partial charge in [-0.2, -0.15) is 0 Å². The van der Waals surface area contributed by atoms with Gasteiger partial charge in [0.2, 0.25) is 0 Å². The number of carboxylic acid groups (broad SMARTS) is 1. The van der Waals surface area contributed by atoms with Crippen LogP contribution in [0, 0.1) is 13.8 Å². The molecule has 0 bridgehead atoms. The Bertz CT molecular complexity index is 799. The van der Waals surface area contributed by atoms with Crippen LogP contribution in [0.2, 0.25) is 0 Å². The molecule has 2 aromatic carbocycles. The summed E-state index contributed by atoms with van der Waals surface area (Å²) in [6.07, 6.45) is -0.737. The third-order valence-corrected chi connectivity index (χ3v) is 4.49. The van der Waals surface area contributed by atoms with Gasteiger partial charge in [0, 0.05) is 12.0 Å². The summed E-state index contributed by atoms with van der Waals surface area (Å²) in [5.74, 6) is -0.238. The summed E-state index contributed by atoms with van der Waals surface area (Å²) in [5, 5.41) is 9.39. The smallest absolute Gasteiger partial charge is 0.333 e. The fraction of sp³-hybridized carbons (Fsp3) is 0.519. The van der Waals surface area contributed by atoms with Gasteiger partial charge in [0.1, 0.15) is 5.75 Å². The molecule has 0 aliphatic heterocycles. The van der Waals surface area contributed by atoms with Crippen molar-refractivity contribution >= 4 is 5.97 Å². The summed E-state index contributed by atoms with van der Waals surface area (Å²) in [4.78, 5) is 11.5. The van der Waals surface area contributed by atoms with Crippen LogP contribution in [-0.4, -0.2) is 30.4 Å². The molecule has 1 N–H and O–H groups in total. The zero-order chi connectivity index (χ0) is 24.7. The van der Waals surface area contributed by atoms with E-state index in [9.17, 15) is 9.90 Å².